The average Bonchev–Trinajstić information content (AvgIpc) is 3.33. The van der Waals surface area contributed by atoms with Gasteiger partial charge in [-0.05, 0) is 39.0 Å². The van der Waals surface area contributed by atoms with Crippen LogP contribution in [0.25, 0.3) is 11.2 Å². The van der Waals surface area contributed by atoms with Gasteiger partial charge in [0.25, 0.3) is 6.01 Å². The van der Waals surface area contributed by atoms with Crippen LogP contribution in [0.15, 0.2) is 0 Å². The van der Waals surface area contributed by atoms with Gasteiger partial charge in [-0.25, -0.2) is 0 Å². The Bertz CT molecular complexity index is 773. The number of aryl methyl sites for hydroxylation is 1. The Labute approximate surface area is 173 Å². The summed E-state index contributed by atoms with van der Waals surface area (Å²) >= 11 is 0. The van der Waals surface area contributed by atoms with Crippen LogP contribution >= 0.6 is 0 Å². The molecule has 8 nitrogen and oxygen atoms in total. The third-order valence-corrected chi connectivity index (χ3v) is 5.43. The van der Waals surface area contributed by atoms with Crippen molar-refractivity contribution in [2.75, 3.05) is 19.5 Å². The number of rotatable bonds is 12. The smallest absolute Gasteiger partial charge is 0.320 e. The molecule has 2 N–H and O–H groups in total. The summed E-state index contributed by atoms with van der Waals surface area (Å²) in [5, 5.41) is 0. The number of nitrogen functional groups attached to an aromatic ring is 1. The van der Waals surface area contributed by atoms with Crippen LogP contribution < -0.4 is 15.2 Å². The minimum Gasteiger partial charge on any atom is -0.468 e. The van der Waals surface area contributed by atoms with Crippen LogP contribution in [0.2, 0.25) is 0 Å². The molecule has 2 aromatic heterocycles. The molecule has 1 saturated heterocycles. The largest absolute Gasteiger partial charge is 0.468 e. The zero-order chi connectivity index (χ0) is 20.6. The number of nitrogens with zero attached hydrogens (tertiary/aromatic N) is 4. The predicted molar refractivity (Wildman–Crippen MR) is 113 cm³/mol. The summed E-state index contributed by atoms with van der Waals surface area (Å²) in [6.07, 6.45) is 10.7. The maximum absolute atomic E-state index is 6.12. The topological polar surface area (TPSA) is 97.3 Å². The first-order valence-corrected chi connectivity index (χ1v) is 11.0. The average molecular weight is 406 g/mol. The number of aromatic nitrogens is 4. The van der Waals surface area contributed by atoms with Gasteiger partial charge < -0.3 is 19.9 Å². The van der Waals surface area contributed by atoms with Gasteiger partial charge in [0, 0.05) is 13.2 Å². The molecule has 0 saturated carbocycles. The number of nitrogens with two attached hydrogens (primary N) is 1. The van der Waals surface area contributed by atoms with E-state index in [1.54, 1.807) is 7.11 Å². The molecule has 0 aliphatic carbocycles. The Morgan fingerprint density at radius 3 is 2.76 bits per heavy atom. The molecule has 0 spiro atoms. The van der Waals surface area contributed by atoms with Crippen LogP contribution in [-0.4, -0.2) is 45.4 Å². The van der Waals surface area contributed by atoms with Crippen molar-refractivity contribution in [1.82, 2.24) is 19.5 Å². The summed E-state index contributed by atoms with van der Waals surface area (Å²) in [6, 6.07) is 0.815. The summed E-state index contributed by atoms with van der Waals surface area (Å²) in [6.45, 7) is 5.85. The fourth-order valence-corrected chi connectivity index (χ4v) is 3.90. The van der Waals surface area contributed by atoms with Crippen molar-refractivity contribution < 1.29 is 14.2 Å². The second-order valence-corrected chi connectivity index (χ2v) is 7.87. The number of unbranched alkanes of at least 4 members (excludes halogenated alkanes) is 3. The van der Waals surface area contributed by atoms with Gasteiger partial charge in [0.1, 0.15) is 0 Å². The van der Waals surface area contributed by atoms with Gasteiger partial charge in [-0.15, -0.1) is 0 Å². The van der Waals surface area contributed by atoms with Crippen molar-refractivity contribution in [3.05, 3.63) is 0 Å². The van der Waals surface area contributed by atoms with Gasteiger partial charge >= 0.3 is 6.01 Å². The van der Waals surface area contributed by atoms with Crippen molar-refractivity contribution in [2.24, 2.45) is 0 Å². The van der Waals surface area contributed by atoms with Crippen LogP contribution in [0.1, 0.15) is 71.6 Å². The molecule has 2 aromatic rings. The highest BCUT2D eigenvalue weighted by Gasteiger charge is 2.19. The van der Waals surface area contributed by atoms with Crippen LogP contribution in [0.4, 0.5) is 5.82 Å². The molecule has 3 heterocycles. The van der Waals surface area contributed by atoms with Gasteiger partial charge in [0.15, 0.2) is 17.0 Å². The SMILES string of the molecule is CCC[C@H](C)Oc1nc(N)c2nc(OC)n(CCCCCCC3CCCO3)c2n1. The van der Waals surface area contributed by atoms with E-state index in [1.165, 1.54) is 32.1 Å². The molecule has 162 valence electrons. The summed E-state index contributed by atoms with van der Waals surface area (Å²) < 4.78 is 19.0. The molecule has 2 atom stereocenters. The van der Waals surface area contributed by atoms with Gasteiger partial charge in [0.2, 0.25) is 0 Å². The molecular formula is C21H35N5O3. The lowest BCUT2D eigenvalue weighted by molar-refractivity contribution is 0.102. The Morgan fingerprint density at radius 1 is 1.21 bits per heavy atom. The predicted octanol–water partition coefficient (Wildman–Crippen LogP) is 4.11. The lowest BCUT2D eigenvalue weighted by atomic mass is 10.1. The maximum Gasteiger partial charge on any atom is 0.320 e. The third kappa shape index (κ3) is 5.72. The molecule has 8 heteroatoms. The third-order valence-electron chi connectivity index (χ3n) is 5.43. The van der Waals surface area contributed by atoms with Crippen molar-refractivity contribution in [2.45, 2.75) is 90.4 Å². The quantitative estimate of drug-likeness (QED) is 0.531. The summed E-state index contributed by atoms with van der Waals surface area (Å²) in [5.41, 5.74) is 7.36. The van der Waals surface area contributed by atoms with Crippen LogP contribution in [-0.2, 0) is 11.3 Å². The molecule has 29 heavy (non-hydrogen) atoms. The first-order chi connectivity index (χ1) is 14.1. The maximum atomic E-state index is 6.12. The molecule has 1 aliphatic heterocycles. The first-order valence-electron chi connectivity index (χ1n) is 11.0. The summed E-state index contributed by atoms with van der Waals surface area (Å²) in [4.78, 5) is 13.3. The van der Waals surface area contributed by atoms with Gasteiger partial charge in [-0.1, -0.05) is 32.6 Å². The zero-order valence-electron chi connectivity index (χ0n) is 18.0. The number of fused-ring (bicyclic) bond motifs is 1. The zero-order valence-corrected chi connectivity index (χ0v) is 18.0. The summed E-state index contributed by atoms with van der Waals surface area (Å²) in [7, 11) is 1.61. The fourth-order valence-electron chi connectivity index (χ4n) is 3.90. The molecule has 1 aliphatic rings. The molecular weight excluding hydrogens is 370 g/mol. The molecule has 3 rings (SSSR count). The minimum atomic E-state index is 0.0407. The highest BCUT2D eigenvalue weighted by Crippen LogP contribution is 2.26. The van der Waals surface area contributed by atoms with Crippen molar-refractivity contribution in [3.63, 3.8) is 0 Å². The highest BCUT2D eigenvalue weighted by atomic mass is 16.5. The van der Waals surface area contributed by atoms with E-state index in [4.69, 9.17) is 19.9 Å². The van der Waals surface area contributed by atoms with E-state index in [-0.39, 0.29) is 6.10 Å². The Kier molecular flexibility index (Phi) is 7.91. The van der Waals surface area contributed by atoms with E-state index >= 15 is 0 Å². The Hall–Kier alpha value is -2.09. The molecule has 1 unspecified atom stereocenters. The highest BCUT2D eigenvalue weighted by molar-refractivity contribution is 5.83. The van der Waals surface area contributed by atoms with Crippen LogP contribution in [0.5, 0.6) is 12.0 Å². The van der Waals surface area contributed by atoms with E-state index in [0.717, 1.165) is 38.8 Å². The standard InChI is InChI=1S/C21H35N5O3/c1-4-10-15(2)29-20-24-18(22)17-19(25-20)26(21(23-17)27-3)13-8-6-5-7-11-16-12-9-14-28-16/h15-16H,4-14H2,1-3H3,(H2,22,24,25)/t15-,16?/m0/s1. The van der Waals surface area contributed by atoms with Crippen LogP contribution in [0.3, 0.4) is 0 Å². The molecule has 0 radical (unpaired) electrons. The van der Waals surface area contributed by atoms with E-state index in [1.807, 2.05) is 11.5 Å². The number of methoxy groups -OCH3 is 1. The van der Waals surface area contributed by atoms with Crippen molar-refractivity contribution >= 4 is 17.0 Å². The second kappa shape index (κ2) is 10.6. The van der Waals surface area contributed by atoms with Crippen LogP contribution in [0, 0.1) is 0 Å². The molecule has 1 fully saturated rings. The number of ether oxygens (including phenoxy) is 3. The number of hydrogen-bond donors (Lipinski definition) is 1. The number of anilines is 1. The van der Waals surface area contributed by atoms with E-state index in [9.17, 15) is 0 Å². The number of hydrogen-bond acceptors (Lipinski definition) is 7. The number of imidazole rings is 1. The van der Waals surface area contributed by atoms with E-state index < -0.39 is 0 Å². The monoisotopic (exact) mass is 405 g/mol. The molecule has 0 aromatic carbocycles. The fraction of sp³-hybridized carbons (Fsp3) is 0.762. The van der Waals surface area contributed by atoms with Gasteiger partial charge in [-0.3, -0.25) is 4.57 Å². The van der Waals surface area contributed by atoms with E-state index in [2.05, 4.69) is 21.9 Å². The normalized spacial score (nSPS) is 17.7. The lowest BCUT2D eigenvalue weighted by Crippen LogP contribution is -2.14. The Balaban J connectivity index is 1.61. The van der Waals surface area contributed by atoms with Crippen molar-refractivity contribution in [3.8, 4) is 12.0 Å². The lowest BCUT2D eigenvalue weighted by Gasteiger charge is -2.13. The van der Waals surface area contributed by atoms with Crippen molar-refractivity contribution in [1.29, 1.82) is 0 Å². The first kappa shape index (κ1) is 21.6. The minimum absolute atomic E-state index is 0.0407. The van der Waals surface area contributed by atoms with Gasteiger partial charge in [0.05, 0.1) is 19.3 Å². The Morgan fingerprint density at radius 2 is 2.03 bits per heavy atom. The van der Waals surface area contributed by atoms with Gasteiger partial charge in [-0.2, -0.15) is 15.0 Å². The molecule has 0 amide bonds. The second-order valence-electron chi connectivity index (χ2n) is 7.87. The van der Waals surface area contributed by atoms with E-state index in [0.29, 0.717) is 35.1 Å². The molecule has 0 bridgehead atoms. The summed E-state index contributed by atoms with van der Waals surface area (Å²) in [5.74, 6) is 0.322.